The van der Waals surface area contributed by atoms with Crippen molar-refractivity contribution in [2.45, 2.75) is 13.8 Å². The van der Waals surface area contributed by atoms with Crippen LogP contribution in [0.2, 0.25) is 0 Å². The quantitative estimate of drug-likeness (QED) is 0.806. The van der Waals surface area contributed by atoms with E-state index in [0.29, 0.717) is 12.2 Å². The zero-order chi connectivity index (χ0) is 16.0. The predicted molar refractivity (Wildman–Crippen MR) is 76.4 cm³/mol. The van der Waals surface area contributed by atoms with E-state index in [1.807, 2.05) is 0 Å². The molecule has 1 rings (SSSR count). The van der Waals surface area contributed by atoms with Crippen molar-refractivity contribution in [2.24, 2.45) is 0 Å². The summed E-state index contributed by atoms with van der Waals surface area (Å²) in [7, 11) is 1.24. The Balaban J connectivity index is 2.88. The summed E-state index contributed by atoms with van der Waals surface area (Å²) in [5, 5.41) is 11.6. The van der Waals surface area contributed by atoms with Gasteiger partial charge in [0, 0.05) is 12.2 Å². The number of nitrogens with one attached hydrogen (secondary N) is 1. The van der Waals surface area contributed by atoms with Crippen LogP contribution in [0.3, 0.4) is 0 Å². The number of aryl methyl sites for hydroxylation is 1. The Morgan fingerprint density at radius 2 is 2.00 bits per heavy atom. The van der Waals surface area contributed by atoms with Gasteiger partial charge in [-0.3, -0.25) is 4.79 Å². The van der Waals surface area contributed by atoms with E-state index in [9.17, 15) is 14.4 Å². The largest absolute Gasteiger partial charge is 0.478 e. The summed E-state index contributed by atoms with van der Waals surface area (Å²) in [5.74, 6) is -1.60. The van der Waals surface area contributed by atoms with Crippen LogP contribution in [0.25, 0.3) is 0 Å². The van der Waals surface area contributed by atoms with Gasteiger partial charge in [0.1, 0.15) is 6.54 Å². The third-order valence-electron chi connectivity index (χ3n) is 2.94. The van der Waals surface area contributed by atoms with Gasteiger partial charge in [-0.25, -0.2) is 9.59 Å². The molecule has 0 aromatic heterocycles. The van der Waals surface area contributed by atoms with Crippen molar-refractivity contribution in [3.05, 3.63) is 29.3 Å². The molecule has 7 heteroatoms. The van der Waals surface area contributed by atoms with Crippen molar-refractivity contribution >= 4 is 23.7 Å². The number of rotatable bonds is 5. The third-order valence-corrected chi connectivity index (χ3v) is 2.94. The van der Waals surface area contributed by atoms with Gasteiger partial charge >= 0.3 is 18.0 Å². The van der Waals surface area contributed by atoms with Crippen LogP contribution in [0.15, 0.2) is 18.2 Å². The molecule has 0 heterocycles. The molecule has 0 unspecified atom stereocenters. The SMILES string of the molecule is CCN(CC(=O)OC)C(=O)Nc1cc(C(=O)O)ccc1C. The first-order chi connectivity index (χ1) is 9.88. The summed E-state index contributed by atoms with van der Waals surface area (Å²) in [4.78, 5) is 35.5. The number of anilines is 1. The van der Waals surface area contributed by atoms with Gasteiger partial charge in [0.2, 0.25) is 0 Å². The Morgan fingerprint density at radius 3 is 2.52 bits per heavy atom. The molecule has 0 bridgehead atoms. The lowest BCUT2D eigenvalue weighted by Gasteiger charge is -2.20. The highest BCUT2D eigenvalue weighted by atomic mass is 16.5. The Bertz CT molecular complexity index is 556. The van der Waals surface area contributed by atoms with Gasteiger partial charge in [0.05, 0.1) is 12.7 Å². The fourth-order valence-electron chi connectivity index (χ4n) is 1.63. The molecule has 114 valence electrons. The summed E-state index contributed by atoms with van der Waals surface area (Å²) in [6.45, 7) is 3.62. The minimum Gasteiger partial charge on any atom is -0.478 e. The van der Waals surface area contributed by atoms with Crippen molar-refractivity contribution in [1.29, 1.82) is 0 Å². The topological polar surface area (TPSA) is 95.9 Å². The zero-order valence-electron chi connectivity index (χ0n) is 12.2. The average molecular weight is 294 g/mol. The smallest absolute Gasteiger partial charge is 0.335 e. The number of ether oxygens (including phenoxy) is 1. The maximum absolute atomic E-state index is 12.1. The Hall–Kier alpha value is -2.57. The molecule has 2 N–H and O–H groups in total. The number of hydrogen-bond donors (Lipinski definition) is 2. The minimum absolute atomic E-state index is 0.0758. The Labute approximate surface area is 122 Å². The number of carboxylic acids is 1. The second-order valence-corrected chi connectivity index (χ2v) is 4.36. The molecule has 0 saturated carbocycles. The number of benzene rings is 1. The van der Waals surface area contributed by atoms with Crippen molar-refractivity contribution < 1.29 is 24.2 Å². The third kappa shape index (κ3) is 4.48. The van der Waals surface area contributed by atoms with Gasteiger partial charge in [0.15, 0.2) is 0 Å². The highest BCUT2D eigenvalue weighted by molar-refractivity contribution is 5.95. The fourth-order valence-corrected chi connectivity index (χ4v) is 1.63. The molecule has 1 aromatic carbocycles. The first kappa shape index (κ1) is 16.5. The van der Waals surface area contributed by atoms with E-state index in [1.54, 1.807) is 19.9 Å². The number of esters is 1. The first-order valence-electron chi connectivity index (χ1n) is 6.35. The number of nitrogens with zero attached hydrogens (tertiary/aromatic N) is 1. The normalized spacial score (nSPS) is 9.86. The van der Waals surface area contributed by atoms with Gasteiger partial charge in [-0.2, -0.15) is 0 Å². The van der Waals surface area contributed by atoms with Crippen molar-refractivity contribution in [2.75, 3.05) is 25.5 Å². The molecular formula is C14H18N2O5. The average Bonchev–Trinajstić information content (AvgIpc) is 2.46. The molecule has 7 nitrogen and oxygen atoms in total. The van der Waals surface area contributed by atoms with Crippen LogP contribution >= 0.6 is 0 Å². The number of carbonyl (C=O) groups excluding carboxylic acids is 2. The number of amides is 2. The summed E-state index contributed by atoms with van der Waals surface area (Å²) in [6.07, 6.45) is 0. The molecule has 2 amide bonds. The monoisotopic (exact) mass is 294 g/mol. The lowest BCUT2D eigenvalue weighted by molar-refractivity contribution is -0.141. The molecule has 0 spiro atoms. The maximum atomic E-state index is 12.1. The molecule has 0 atom stereocenters. The number of carbonyl (C=O) groups is 3. The minimum atomic E-state index is -1.08. The van der Waals surface area contributed by atoms with Gasteiger partial charge < -0.3 is 20.1 Å². The molecule has 0 aliphatic carbocycles. The van der Waals surface area contributed by atoms with Gasteiger partial charge in [0.25, 0.3) is 0 Å². The molecule has 0 fully saturated rings. The molecule has 0 saturated heterocycles. The van der Waals surface area contributed by atoms with E-state index in [2.05, 4.69) is 10.1 Å². The van der Waals surface area contributed by atoms with Gasteiger partial charge in [-0.15, -0.1) is 0 Å². The second-order valence-electron chi connectivity index (χ2n) is 4.36. The Morgan fingerprint density at radius 1 is 1.33 bits per heavy atom. The second kappa shape index (κ2) is 7.28. The first-order valence-corrected chi connectivity index (χ1v) is 6.35. The highest BCUT2D eigenvalue weighted by Gasteiger charge is 2.17. The summed E-state index contributed by atoms with van der Waals surface area (Å²) >= 11 is 0. The highest BCUT2D eigenvalue weighted by Crippen LogP contribution is 2.17. The standard InChI is InChI=1S/C14H18N2O5/c1-4-16(8-12(17)21-3)14(20)15-11-7-10(13(18)19)6-5-9(11)2/h5-7H,4,8H2,1-3H3,(H,15,20)(H,18,19). The fraction of sp³-hybridized carbons (Fsp3) is 0.357. The van der Waals surface area contributed by atoms with Gasteiger partial charge in [-0.1, -0.05) is 6.07 Å². The Kier molecular flexibility index (Phi) is 5.71. The number of likely N-dealkylation sites (N-methyl/N-ethyl adjacent to an activating group) is 1. The van der Waals surface area contributed by atoms with E-state index in [1.165, 1.54) is 24.1 Å². The van der Waals surface area contributed by atoms with Crippen LogP contribution in [-0.2, 0) is 9.53 Å². The van der Waals surface area contributed by atoms with E-state index in [0.717, 1.165) is 5.56 Å². The van der Waals surface area contributed by atoms with Gasteiger partial charge in [-0.05, 0) is 31.5 Å². The summed E-state index contributed by atoms with van der Waals surface area (Å²) in [6, 6.07) is 3.95. The van der Waals surface area contributed by atoms with E-state index < -0.39 is 18.0 Å². The maximum Gasteiger partial charge on any atom is 0.335 e. The lowest BCUT2D eigenvalue weighted by Crippen LogP contribution is -2.39. The number of hydrogen-bond acceptors (Lipinski definition) is 4. The number of carboxylic acid groups (broad SMARTS) is 1. The van der Waals surface area contributed by atoms with Crippen LogP contribution in [0.5, 0.6) is 0 Å². The van der Waals surface area contributed by atoms with Crippen molar-refractivity contribution in [3.63, 3.8) is 0 Å². The van der Waals surface area contributed by atoms with Crippen LogP contribution in [0.1, 0.15) is 22.8 Å². The molecule has 21 heavy (non-hydrogen) atoms. The van der Waals surface area contributed by atoms with Crippen LogP contribution in [0, 0.1) is 6.92 Å². The number of urea groups is 1. The lowest BCUT2D eigenvalue weighted by atomic mass is 10.1. The van der Waals surface area contributed by atoms with E-state index >= 15 is 0 Å². The summed E-state index contributed by atoms with van der Waals surface area (Å²) in [5.41, 5.74) is 1.19. The number of methoxy groups -OCH3 is 1. The predicted octanol–water partition coefficient (Wildman–Crippen LogP) is 1.72. The summed E-state index contributed by atoms with van der Waals surface area (Å²) < 4.78 is 4.52. The molecule has 0 aliphatic heterocycles. The molecule has 0 radical (unpaired) electrons. The molecule has 1 aromatic rings. The number of aromatic carboxylic acids is 1. The molecular weight excluding hydrogens is 276 g/mol. The van der Waals surface area contributed by atoms with E-state index in [-0.39, 0.29) is 12.1 Å². The van der Waals surface area contributed by atoms with Crippen LogP contribution < -0.4 is 5.32 Å². The molecule has 0 aliphatic rings. The van der Waals surface area contributed by atoms with Crippen LogP contribution in [-0.4, -0.2) is 48.2 Å². The van der Waals surface area contributed by atoms with Crippen molar-refractivity contribution in [1.82, 2.24) is 4.90 Å². The van der Waals surface area contributed by atoms with Crippen molar-refractivity contribution in [3.8, 4) is 0 Å². The van der Waals surface area contributed by atoms with Crippen LogP contribution in [0.4, 0.5) is 10.5 Å². The zero-order valence-corrected chi connectivity index (χ0v) is 12.2. The van der Waals surface area contributed by atoms with E-state index in [4.69, 9.17) is 5.11 Å².